The van der Waals surface area contributed by atoms with Gasteiger partial charge in [-0.1, -0.05) is 12.1 Å². The van der Waals surface area contributed by atoms with Gasteiger partial charge in [-0.2, -0.15) is 0 Å². The lowest BCUT2D eigenvalue weighted by atomic mass is 10.2. The third-order valence-corrected chi connectivity index (χ3v) is 4.81. The number of H-pyrrole nitrogens is 1. The second-order valence-corrected chi connectivity index (χ2v) is 7.36. The predicted octanol–water partition coefficient (Wildman–Crippen LogP) is 5.75. The van der Waals surface area contributed by atoms with Crippen molar-refractivity contribution in [1.29, 1.82) is 0 Å². The minimum absolute atomic E-state index is 0.00893. The number of urea groups is 1. The quantitative estimate of drug-likeness (QED) is 0.318. The first-order valence-electron chi connectivity index (χ1n) is 10.3. The maximum atomic E-state index is 14.6. The van der Waals surface area contributed by atoms with Crippen molar-refractivity contribution in [3.8, 4) is 22.9 Å². The molecule has 9 heteroatoms. The standard InChI is InChI=1S/C25H21FN4O4/c1-15-4-3-5-17(10-15)29-25(32)30-21-7-6-18(12-20(21)26)34-19-8-9-27-23(13-19)22-11-16(14-28-22)24(31)33-2/h3-14,28H,1-2H3,(H2,29,30,32). The lowest BCUT2D eigenvalue weighted by Gasteiger charge is -2.11. The number of benzene rings is 2. The van der Waals surface area contributed by atoms with Gasteiger partial charge in [-0.05, 0) is 48.9 Å². The van der Waals surface area contributed by atoms with Crippen LogP contribution in [0, 0.1) is 12.7 Å². The van der Waals surface area contributed by atoms with Crippen LogP contribution < -0.4 is 15.4 Å². The molecule has 0 radical (unpaired) electrons. The van der Waals surface area contributed by atoms with Gasteiger partial charge in [0.15, 0.2) is 0 Å². The lowest BCUT2D eigenvalue weighted by Crippen LogP contribution is -2.20. The van der Waals surface area contributed by atoms with Gasteiger partial charge in [-0.3, -0.25) is 4.98 Å². The van der Waals surface area contributed by atoms with Crippen molar-refractivity contribution in [3.63, 3.8) is 0 Å². The molecule has 4 rings (SSSR count). The van der Waals surface area contributed by atoms with E-state index in [1.54, 1.807) is 30.3 Å². The minimum atomic E-state index is -0.654. The smallest absolute Gasteiger partial charge is 0.339 e. The summed E-state index contributed by atoms with van der Waals surface area (Å²) in [5, 5.41) is 5.14. The number of ether oxygens (including phenoxy) is 2. The molecule has 0 unspecified atom stereocenters. The van der Waals surface area contributed by atoms with Gasteiger partial charge < -0.3 is 25.1 Å². The third kappa shape index (κ3) is 5.39. The zero-order valence-corrected chi connectivity index (χ0v) is 18.4. The van der Waals surface area contributed by atoms with Crippen LogP contribution in [0.4, 0.5) is 20.6 Å². The number of methoxy groups -OCH3 is 1. The van der Waals surface area contributed by atoms with E-state index in [0.717, 1.165) is 5.56 Å². The Morgan fingerprint density at radius 1 is 1.00 bits per heavy atom. The molecule has 0 spiro atoms. The summed E-state index contributed by atoms with van der Waals surface area (Å²) in [7, 11) is 1.30. The molecule has 2 aromatic carbocycles. The number of halogens is 1. The van der Waals surface area contributed by atoms with Crippen LogP contribution in [0.2, 0.25) is 0 Å². The number of aromatic nitrogens is 2. The maximum Gasteiger partial charge on any atom is 0.339 e. The number of nitrogens with one attached hydrogen (secondary N) is 3. The fourth-order valence-corrected chi connectivity index (χ4v) is 3.20. The van der Waals surface area contributed by atoms with Crippen molar-refractivity contribution >= 4 is 23.4 Å². The number of pyridine rings is 1. The van der Waals surface area contributed by atoms with E-state index in [-0.39, 0.29) is 11.4 Å². The zero-order chi connectivity index (χ0) is 24.1. The number of amides is 2. The number of esters is 1. The van der Waals surface area contributed by atoms with Crippen LogP contribution in [0.1, 0.15) is 15.9 Å². The Bertz CT molecular complexity index is 1350. The molecule has 0 fully saturated rings. The SMILES string of the molecule is COC(=O)c1c[nH]c(-c2cc(Oc3ccc(NC(=O)Nc4cccc(C)c4)c(F)c3)ccn2)c1. The summed E-state index contributed by atoms with van der Waals surface area (Å²) < 4.78 is 25.0. The number of aryl methyl sites for hydroxylation is 1. The van der Waals surface area contributed by atoms with Crippen LogP contribution in [-0.2, 0) is 4.74 Å². The molecule has 2 aromatic heterocycles. The molecular formula is C25H21FN4O4. The van der Waals surface area contributed by atoms with Gasteiger partial charge in [-0.15, -0.1) is 0 Å². The van der Waals surface area contributed by atoms with Gasteiger partial charge in [0.05, 0.1) is 29.7 Å². The van der Waals surface area contributed by atoms with E-state index >= 15 is 0 Å². The van der Waals surface area contributed by atoms with E-state index in [9.17, 15) is 14.0 Å². The molecule has 2 heterocycles. The van der Waals surface area contributed by atoms with Crippen molar-refractivity contribution in [1.82, 2.24) is 9.97 Å². The Morgan fingerprint density at radius 2 is 1.82 bits per heavy atom. The molecule has 0 bridgehead atoms. The molecule has 4 aromatic rings. The van der Waals surface area contributed by atoms with Crippen molar-refractivity contribution in [3.05, 3.63) is 90.0 Å². The summed E-state index contributed by atoms with van der Waals surface area (Å²) in [6.45, 7) is 1.91. The molecule has 0 aliphatic heterocycles. The second-order valence-electron chi connectivity index (χ2n) is 7.36. The van der Waals surface area contributed by atoms with Crippen molar-refractivity contribution in [2.75, 3.05) is 17.7 Å². The van der Waals surface area contributed by atoms with Gasteiger partial charge in [0.2, 0.25) is 0 Å². The fourth-order valence-electron chi connectivity index (χ4n) is 3.20. The number of carbonyl (C=O) groups is 2. The average Bonchev–Trinajstić information content (AvgIpc) is 3.31. The highest BCUT2D eigenvalue weighted by molar-refractivity contribution is 5.99. The van der Waals surface area contributed by atoms with Gasteiger partial charge in [-0.25, -0.2) is 14.0 Å². The first kappa shape index (κ1) is 22.5. The van der Waals surface area contributed by atoms with Gasteiger partial charge in [0.1, 0.15) is 17.3 Å². The van der Waals surface area contributed by atoms with E-state index in [4.69, 9.17) is 9.47 Å². The van der Waals surface area contributed by atoms with Crippen molar-refractivity contribution in [2.45, 2.75) is 6.92 Å². The summed E-state index contributed by atoms with van der Waals surface area (Å²) in [5.41, 5.74) is 3.09. The molecule has 8 nitrogen and oxygen atoms in total. The second kappa shape index (κ2) is 9.86. The average molecular weight is 460 g/mol. The number of hydrogen-bond acceptors (Lipinski definition) is 5. The summed E-state index contributed by atoms with van der Waals surface area (Å²) in [6, 6.07) is 15.7. The number of aromatic amines is 1. The van der Waals surface area contributed by atoms with E-state index < -0.39 is 17.8 Å². The highest BCUT2D eigenvalue weighted by Crippen LogP contribution is 2.28. The lowest BCUT2D eigenvalue weighted by molar-refractivity contribution is 0.0601. The third-order valence-electron chi connectivity index (χ3n) is 4.81. The Labute approximate surface area is 194 Å². The molecule has 0 aliphatic carbocycles. The summed E-state index contributed by atoms with van der Waals surface area (Å²) in [4.78, 5) is 31.1. The van der Waals surface area contributed by atoms with E-state index in [2.05, 4.69) is 20.6 Å². The number of nitrogens with zero attached hydrogens (tertiary/aromatic N) is 1. The van der Waals surface area contributed by atoms with Crippen LogP contribution in [0.15, 0.2) is 73.1 Å². The first-order chi connectivity index (χ1) is 16.4. The molecule has 172 valence electrons. The Hall–Kier alpha value is -4.66. The van der Waals surface area contributed by atoms with Crippen LogP contribution >= 0.6 is 0 Å². The normalized spacial score (nSPS) is 10.4. The summed E-state index contributed by atoms with van der Waals surface area (Å²) >= 11 is 0. The largest absolute Gasteiger partial charge is 0.465 e. The molecule has 0 atom stereocenters. The Morgan fingerprint density at radius 3 is 2.59 bits per heavy atom. The van der Waals surface area contributed by atoms with Crippen molar-refractivity contribution < 1.29 is 23.5 Å². The van der Waals surface area contributed by atoms with Gasteiger partial charge >= 0.3 is 12.0 Å². The first-order valence-corrected chi connectivity index (χ1v) is 10.3. The number of hydrogen-bond donors (Lipinski definition) is 3. The van der Waals surface area contributed by atoms with Gasteiger partial charge in [0.25, 0.3) is 0 Å². The molecule has 0 aliphatic rings. The highest BCUT2D eigenvalue weighted by Gasteiger charge is 2.12. The van der Waals surface area contributed by atoms with E-state index in [0.29, 0.717) is 28.4 Å². The molecular weight excluding hydrogens is 439 g/mol. The number of rotatable bonds is 6. The molecule has 3 N–H and O–H groups in total. The van der Waals surface area contributed by atoms with Crippen molar-refractivity contribution in [2.24, 2.45) is 0 Å². The maximum absolute atomic E-state index is 14.6. The summed E-state index contributed by atoms with van der Waals surface area (Å²) in [5.74, 6) is -0.470. The van der Waals surface area contributed by atoms with Crippen LogP contribution in [0.3, 0.4) is 0 Å². The van der Waals surface area contributed by atoms with Crippen LogP contribution in [0.25, 0.3) is 11.4 Å². The predicted molar refractivity (Wildman–Crippen MR) is 126 cm³/mol. The Balaban J connectivity index is 1.43. The monoisotopic (exact) mass is 460 g/mol. The minimum Gasteiger partial charge on any atom is -0.465 e. The summed E-state index contributed by atoms with van der Waals surface area (Å²) in [6.07, 6.45) is 3.05. The Kier molecular flexibility index (Phi) is 6.54. The van der Waals surface area contributed by atoms with E-state index in [1.807, 2.05) is 19.1 Å². The molecule has 2 amide bonds. The molecule has 0 saturated carbocycles. The van der Waals surface area contributed by atoms with Gasteiger partial charge in [0, 0.05) is 30.2 Å². The van der Waals surface area contributed by atoms with Crippen LogP contribution in [0.5, 0.6) is 11.5 Å². The van der Waals surface area contributed by atoms with Crippen LogP contribution in [-0.4, -0.2) is 29.1 Å². The van der Waals surface area contributed by atoms with E-state index in [1.165, 1.54) is 37.7 Å². The fraction of sp³-hybridized carbons (Fsp3) is 0.0800. The molecule has 34 heavy (non-hydrogen) atoms. The number of anilines is 2. The molecule has 0 saturated heterocycles. The highest BCUT2D eigenvalue weighted by atomic mass is 19.1. The zero-order valence-electron chi connectivity index (χ0n) is 18.4. The topological polar surface area (TPSA) is 105 Å². The number of carbonyl (C=O) groups excluding carboxylic acids is 2.